The molecule has 0 unspecified atom stereocenters. The first kappa shape index (κ1) is 19.7. The van der Waals surface area contributed by atoms with Gasteiger partial charge in [-0.3, -0.25) is 14.6 Å². The lowest BCUT2D eigenvalue weighted by atomic mass is 10.1. The van der Waals surface area contributed by atoms with Gasteiger partial charge in [0.15, 0.2) is 21.6 Å². The fourth-order valence-electron chi connectivity index (χ4n) is 3.53. The summed E-state index contributed by atoms with van der Waals surface area (Å²) < 4.78 is 12.5. The number of imidazole rings is 1. The second-order valence-corrected chi connectivity index (χ2v) is 8.86. The van der Waals surface area contributed by atoms with Crippen molar-refractivity contribution < 1.29 is 13.9 Å². The zero-order chi connectivity index (χ0) is 22.5. The lowest BCUT2D eigenvalue weighted by Gasteiger charge is -2.20. The molecule has 9 nitrogen and oxygen atoms in total. The Morgan fingerprint density at radius 2 is 2.06 bits per heavy atom. The van der Waals surface area contributed by atoms with Gasteiger partial charge < -0.3 is 9.15 Å². The molecule has 0 spiro atoms. The second kappa shape index (κ2) is 7.57. The smallest absolute Gasteiger partial charge is 0.283 e. The first-order chi connectivity index (χ1) is 16.1. The highest BCUT2D eigenvalue weighted by Gasteiger charge is 2.37. The van der Waals surface area contributed by atoms with Gasteiger partial charge in [-0.15, -0.1) is 11.3 Å². The van der Waals surface area contributed by atoms with Gasteiger partial charge in [0, 0.05) is 17.1 Å². The third-order valence-corrected chi connectivity index (χ3v) is 6.81. The molecule has 0 fully saturated rings. The van der Waals surface area contributed by atoms with E-state index in [2.05, 4.69) is 10.1 Å². The Kier molecular flexibility index (Phi) is 4.52. The number of furan rings is 1. The molecule has 0 saturated heterocycles. The number of thioether (sulfide) groups is 1. The van der Waals surface area contributed by atoms with Crippen LogP contribution in [0.25, 0.3) is 22.3 Å². The highest BCUT2D eigenvalue weighted by molar-refractivity contribution is 8.27. The SMILES string of the molecule is COc1ccc(-c2nc3sccn3c2C=C2C(=N)N3N=C(c4ccco4)SC3=NC2=O)cc1. The molecule has 0 radical (unpaired) electrons. The van der Waals surface area contributed by atoms with Crippen LogP contribution in [0.3, 0.4) is 0 Å². The number of nitrogens with zero attached hydrogens (tertiary/aromatic N) is 5. The number of carbonyl (C=O) groups excluding carboxylic acids is 1. The van der Waals surface area contributed by atoms with Gasteiger partial charge in [0.05, 0.1) is 30.3 Å². The number of thiazole rings is 1. The van der Waals surface area contributed by atoms with Gasteiger partial charge in [0.25, 0.3) is 5.91 Å². The third-order valence-electron chi connectivity index (χ3n) is 5.13. The predicted octanol–water partition coefficient (Wildman–Crippen LogP) is 4.33. The Morgan fingerprint density at radius 1 is 1.21 bits per heavy atom. The minimum Gasteiger partial charge on any atom is -0.497 e. The molecule has 1 N–H and O–H groups in total. The average molecular weight is 475 g/mol. The van der Waals surface area contributed by atoms with Crippen LogP contribution in [0.4, 0.5) is 0 Å². The summed E-state index contributed by atoms with van der Waals surface area (Å²) in [5.74, 6) is 0.744. The first-order valence-corrected chi connectivity index (χ1v) is 11.5. The van der Waals surface area contributed by atoms with Crippen molar-refractivity contribution in [1.82, 2.24) is 14.4 Å². The van der Waals surface area contributed by atoms with Crippen LogP contribution in [0.1, 0.15) is 11.5 Å². The number of fused-ring (bicyclic) bond motifs is 2. The lowest BCUT2D eigenvalue weighted by Crippen LogP contribution is -2.35. The van der Waals surface area contributed by atoms with Gasteiger partial charge >= 0.3 is 0 Å². The fourth-order valence-corrected chi connectivity index (χ4v) is 5.11. The van der Waals surface area contributed by atoms with Gasteiger partial charge in [-0.1, -0.05) is 0 Å². The number of aromatic nitrogens is 2. The van der Waals surface area contributed by atoms with Crippen LogP contribution in [-0.2, 0) is 4.79 Å². The van der Waals surface area contributed by atoms with Crippen molar-refractivity contribution in [2.75, 3.05) is 7.11 Å². The summed E-state index contributed by atoms with van der Waals surface area (Å²) in [6.07, 6.45) is 5.09. The van der Waals surface area contributed by atoms with Crippen molar-refractivity contribution in [2.24, 2.45) is 10.1 Å². The first-order valence-electron chi connectivity index (χ1n) is 9.76. The molecule has 0 atom stereocenters. The molecule has 0 bridgehead atoms. The van der Waals surface area contributed by atoms with Crippen molar-refractivity contribution in [3.05, 3.63) is 71.3 Å². The Balaban J connectivity index is 1.44. The maximum absolute atomic E-state index is 12.9. The number of amidine groups is 2. The van der Waals surface area contributed by atoms with E-state index in [-0.39, 0.29) is 11.4 Å². The van der Waals surface area contributed by atoms with Crippen LogP contribution in [0.2, 0.25) is 0 Å². The number of benzene rings is 1. The van der Waals surface area contributed by atoms with Gasteiger partial charge in [0.1, 0.15) is 5.75 Å². The van der Waals surface area contributed by atoms with E-state index in [1.54, 1.807) is 31.6 Å². The minimum absolute atomic E-state index is 0.0510. The molecule has 5 heterocycles. The Bertz CT molecular complexity index is 1510. The molecule has 1 aromatic carbocycles. The number of nitrogens with one attached hydrogen (secondary N) is 1. The van der Waals surface area contributed by atoms with E-state index in [9.17, 15) is 4.79 Å². The molecule has 4 aromatic rings. The molecule has 1 amide bonds. The van der Waals surface area contributed by atoms with Crippen molar-refractivity contribution in [3.8, 4) is 17.0 Å². The summed E-state index contributed by atoms with van der Waals surface area (Å²) in [6.45, 7) is 0. The van der Waals surface area contributed by atoms with Crippen molar-refractivity contribution in [3.63, 3.8) is 0 Å². The summed E-state index contributed by atoms with van der Waals surface area (Å²) in [6, 6.07) is 11.1. The van der Waals surface area contributed by atoms with E-state index in [1.165, 1.54) is 28.1 Å². The average Bonchev–Trinajstić information content (AvgIpc) is 3.61. The lowest BCUT2D eigenvalue weighted by molar-refractivity contribution is -0.114. The quantitative estimate of drug-likeness (QED) is 0.441. The van der Waals surface area contributed by atoms with E-state index >= 15 is 0 Å². The molecule has 3 aromatic heterocycles. The zero-order valence-electron chi connectivity index (χ0n) is 17.1. The number of methoxy groups -OCH3 is 1. The Morgan fingerprint density at radius 3 is 2.82 bits per heavy atom. The molecule has 0 saturated carbocycles. The normalized spacial score (nSPS) is 17.0. The van der Waals surface area contributed by atoms with Crippen molar-refractivity contribution >= 4 is 56.1 Å². The van der Waals surface area contributed by atoms with Crippen LogP contribution in [0, 0.1) is 5.41 Å². The minimum atomic E-state index is -0.500. The molecule has 162 valence electrons. The summed E-state index contributed by atoms with van der Waals surface area (Å²) >= 11 is 2.68. The summed E-state index contributed by atoms with van der Waals surface area (Å²) in [4.78, 5) is 22.6. The second-order valence-electron chi connectivity index (χ2n) is 7.03. The van der Waals surface area contributed by atoms with Crippen LogP contribution < -0.4 is 4.74 Å². The van der Waals surface area contributed by atoms with Gasteiger partial charge in [-0.25, -0.2) is 4.98 Å². The standard InChI is InChI=1S/C22H14N6O3S2/c1-30-13-6-4-12(5-7-13)17-15(27-8-10-32-21(27)24-17)11-14-18(23)28-22(25-19(14)29)33-20(26-28)16-3-2-9-31-16/h2-11,23H,1H3. The Hall–Kier alpha value is -3.96. The molecule has 0 aliphatic carbocycles. The molecule has 2 aliphatic rings. The molecule has 33 heavy (non-hydrogen) atoms. The van der Waals surface area contributed by atoms with Crippen molar-refractivity contribution in [2.45, 2.75) is 0 Å². The highest BCUT2D eigenvalue weighted by atomic mass is 32.2. The van der Waals surface area contributed by atoms with Gasteiger partial charge in [-0.05, 0) is 54.2 Å². The summed E-state index contributed by atoms with van der Waals surface area (Å²) in [5, 5.41) is 17.3. The van der Waals surface area contributed by atoms with E-state index < -0.39 is 5.91 Å². The van der Waals surface area contributed by atoms with Crippen LogP contribution in [-0.4, -0.2) is 43.5 Å². The number of hydrogen-bond donors (Lipinski definition) is 1. The number of hydrazone groups is 1. The van der Waals surface area contributed by atoms with E-state index in [0.29, 0.717) is 27.4 Å². The molecule has 2 aliphatic heterocycles. The topological polar surface area (TPSA) is 109 Å². The maximum Gasteiger partial charge on any atom is 0.283 e. The number of ether oxygens (including phenoxy) is 1. The third kappa shape index (κ3) is 3.20. The molecular weight excluding hydrogens is 460 g/mol. The summed E-state index contributed by atoms with van der Waals surface area (Å²) in [7, 11) is 1.61. The molecule has 11 heteroatoms. The number of amides is 1. The summed E-state index contributed by atoms with van der Waals surface area (Å²) in [5.41, 5.74) is 2.38. The van der Waals surface area contributed by atoms with Crippen LogP contribution >= 0.6 is 23.1 Å². The monoisotopic (exact) mass is 474 g/mol. The number of aliphatic imine (C=N–C) groups is 1. The van der Waals surface area contributed by atoms with Crippen LogP contribution in [0.15, 0.2) is 74.3 Å². The zero-order valence-corrected chi connectivity index (χ0v) is 18.7. The number of rotatable bonds is 4. The number of hydrogen-bond acceptors (Lipinski definition) is 8. The maximum atomic E-state index is 12.9. The van der Waals surface area contributed by atoms with Gasteiger partial charge in [0.2, 0.25) is 5.17 Å². The van der Waals surface area contributed by atoms with Crippen LogP contribution in [0.5, 0.6) is 5.75 Å². The Labute approximate surface area is 195 Å². The van der Waals surface area contributed by atoms with E-state index in [4.69, 9.17) is 19.5 Å². The van der Waals surface area contributed by atoms with Gasteiger partial charge in [-0.2, -0.15) is 15.1 Å². The van der Waals surface area contributed by atoms with E-state index in [0.717, 1.165) is 16.3 Å². The number of carbonyl (C=O) groups is 1. The highest BCUT2D eigenvalue weighted by Crippen LogP contribution is 2.33. The molecule has 6 rings (SSSR count). The largest absolute Gasteiger partial charge is 0.497 e. The van der Waals surface area contributed by atoms with E-state index in [1.807, 2.05) is 40.2 Å². The fraction of sp³-hybridized carbons (Fsp3) is 0.0455. The predicted molar refractivity (Wildman–Crippen MR) is 128 cm³/mol. The van der Waals surface area contributed by atoms with Crippen molar-refractivity contribution in [1.29, 1.82) is 5.41 Å². The molecular formula is C22H14N6O3S2.